The first-order valence-electron chi connectivity index (χ1n) is 5.05. The second-order valence-electron chi connectivity index (χ2n) is 4.12. The lowest BCUT2D eigenvalue weighted by Gasteiger charge is -2.32. The maximum absolute atomic E-state index is 12.5. The summed E-state index contributed by atoms with van der Waals surface area (Å²) in [6.45, 7) is 6.91. The summed E-state index contributed by atoms with van der Waals surface area (Å²) in [7, 11) is 0. The summed E-state index contributed by atoms with van der Waals surface area (Å²) < 4.78 is 25.5. The Bertz CT molecular complexity index is 284. The van der Waals surface area contributed by atoms with Crippen molar-refractivity contribution in [1.82, 2.24) is 4.90 Å². The minimum atomic E-state index is -2.40. The normalized spacial score (nSPS) is 19.3. The molecule has 0 N–H and O–H groups in total. The van der Waals surface area contributed by atoms with Crippen LogP contribution in [0.4, 0.5) is 8.78 Å². The number of rotatable bonds is 3. The molecule has 0 aromatic rings. The van der Waals surface area contributed by atoms with Gasteiger partial charge in [-0.1, -0.05) is 19.9 Å². The van der Waals surface area contributed by atoms with E-state index in [2.05, 4.69) is 41.6 Å². The van der Waals surface area contributed by atoms with E-state index in [1.807, 2.05) is 0 Å². The van der Waals surface area contributed by atoms with E-state index in [-0.39, 0.29) is 5.57 Å². The Morgan fingerprint density at radius 2 is 1.93 bits per heavy atom. The van der Waals surface area contributed by atoms with Gasteiger partial charge in [0, 0.05) is 28.8 Å². The number of allylic oxidation sites excluding steroid dienone is 2. The molecule has 1 nitrogen and oxygen atoms in total. The average molecular weight is 280 g/mol. The molecule has 0 fully saturated rings. The quantitative estimate of drug-likeness (QED) is 0.760. The highest BCUT2D eigenvalue weighted by atomic mass is 79.9. The van der Waals surface area contributed by atoms with Crippen molar-refractivity contribution in [3.8, 4) is 0 Å². The maximum Gasteiger partial charge on any atom is 0.264 e. The van der Waals surface area contributed by atoms with Gasteiger partial charge in [-0.25, -0.2) is 8.78 Å². The van der Waals surface area contributed by atoms with Crippen LogP contribution in [0.15, 0.2) is 22.3 Å². The highest BCUT2D eigenvalue weighted by molar-refractivity contribution is 9.12. The van der Waals surface area contributed by atoms with Crippen LogP contribution >= 0.6 is 15.9 Å². The van der Waals surface area contributed by atoms with Gasteiger partial charge in [-0.2, -0.15) is 0 Å². The minimum Gasteiger partial charge on any atom is -0.370 e. The van der Waals surface area contributed by atoms with Crippen LogP contribution in [0.3, 0.4) is 0 Å². The van der Waals surface area contributed by atoms with Gasteiger partial charge in [0.1, 0.15) is 0 Å². The van der Waals surface area contributed by atoms with Gasteiger partial charge >= 0.3 is 0 Å². The van der Waals surface area contributed by atoms with Crippen molar-refractivity contribution in [1.29, 1.82) is 0 Å². The molecule has 0 bridgehead atoms. The van der Waals surface area contributed by atoms with Gasteiger partial charge < -0.3 is 4.90 Å². The summed E-state index contributed by atoms with van der Waals surface area (Å²) in [5, 5.41) is 0. The molecule has 0 spiro atoms. The highest BCUT2D eigenvalue weighted by Crippen LogP contribution is 2.28. The first-order valence-corrected chi connectivity index (χ1v) is 5.84. The van der Waals surface area contributed by atoms with E-state index in [4.69, 9.17) is 0 Å². The van der Waals surface area contributed by atoms with Crippen molar-refractivity contribution in [3.05, 3.63) is 22.3 Å². The average Bonchev–Trinajstić information content (AvgIpc) is 2.15. The van der Waals surface area contributed by atoms with Gasteiger partial charge in [-0.3, -0.25) is 0 Å². The summed E-state index contributed by atoms with van der Waals surface area (Å²) in [5.41, 5.74) is 0.0993. The van der Waals surface area contributed by atoms with Crippen LogP contribution in [0.2, 0.25) is 0 Å². The zero-order chi connectivity index (χ0) is 11.6. The van der Waals surface area contributed by atoms with Gasteiger partial charge in [0.25, 0.3) is 6.43 Å². The van der Waals surface area contributed by atoms with E-state index in [0.717, 1.165) is 0 Å². The van der Waals surface area contributed by atoms with Crippen molar-refractivity contribution < 1.29 is 8.78 Å². The van der Waals surface area contributed by atoms with E-state index in [0.29, 0.717) is 23.0 Å². The van der Waals surface area contributed by atoms with Crippen molar-refractivity contribution in [2.75, 3.05) is 6.54 Å². The molecule has 1 atom stereocenters. The molecule has 15 heavy (non-hydrogen) atoms. The molecule has 1 aliphatic heterocycles. The lowest BCUT2D eigenvalue weighted by Crippen LogP contribution is -2.34. The Morgan fingerprint density at radius 1 is 1.33 bits per heavy atom. The van der Waals surface area contributed by atoms with Crippen LogP contribution in [0.1, 0.15) is 20.8 Å². The largest absolute Gasteiger partial charge is 0.370 e. The van der Waals surface area contributed by atoms with E-state index in [9.17, 15) is 8.78 Å². The molecule has 0 unspecified atom stereocenters. The summed E-state index contributed by atoms with van der Waals surface area (Å²) in [6, 6.07) is 0.355. The Kier molecular flexibility index (Phi) is 4.32. The van der Waals surface area contributed by atoms with Gasteiger partial charge in [0.15, 0.2) is 0 Å². The van der Waals surface area contributed by atoms with Crippen LogP contribution in [0.25, 0.3) is 0 Å². The SMILES string of the molecule is CC(C)[C@H](C)N1C=C(Br)C(C(F)F)=CC1. The molecular weight excluding hydrogens is 264 g/mol. The molecule has 0 aliphatic carbocycles. The molecule has 1 rings (SSSR count). The standard InChI is InChI=1S/C11H16BrF2N/c1-7(2)8(3)15-5-4-9(11(13)14)10(12)6-15/h4,6-8,11H,5H2,1-3H3/t8-/m0/s1. The van der Waals surface area contributed by atoms with Gasteiger partial charge in [0.05, 0.1) is 0 Å². The zero-order valence-corrected chi connectivity index (χ0v) is 10.8. The molecule has 0 radical (unpaired) electrons. The Balaban J connectivity index is 2.74. The Hall–Kier alpha value is -0.380. The fraction of sp³-hybridized carbons (Fsp3) is 0.636. The van der Waals surface area contributed by atoms with Crippen molar-refractivity contribution in [3.63, 3.8) is 0 Å². The van der Waals surface area contributed by atoms with Crippen molar-refractivity contribution in [2.45, 2.75) is 33.2 Å². The smallest absolute Gasteiger partial charge is 0.264 e. The molecule has 0 saturated heterocycles. The van der Waals surface area contributed by atoms with E-state index in [1.54, 1.807) is 12.3 Å². The Morgan fingerprint density at radius 3 is 2.33 bits per heavy atom. The van der Waals surface area contributed by atoms with Crippen molar-refractivity contribution in [2.24, 2.45) is 5.92 Å². The topological polar surface area (TPSA) is 3.24 Å². The first-order chi connectivity index (χ1) is 6.93. The predicted octanol–water partition coefficient (Wildman–Crippen LogP) is 3.77. The second-order valence-corrected chi connectivity index (χ2v) is 4.97. The summed E-state index contributed by atoms with van der Waals surface area (Å²) in [5.74, 6) is 0.503. The zero-order valence-electron chi connectivity index (χ0n) is 9.17. The molecule has 0 aromatic carbocycles. The number of alkyl halides is 2. The molecule has 86 valence electrons. The molecule has 0 amide bonds. The second kappa shape index (κ2) is 5.10. The van der Waals surface area contributed by atoms with Crippen LogP contribution in [-0.2, 0) is 0 Å². The monoisotopic (exact) mass is 279 g/mol. The third-order valence-corrected chi connectivity index (χ3v) is 3.46. The number of halogens is 3. The van der Waals surface area contributed by atoms with E-state index < -0.39 is 6.43 Å². The van der Waals surface area contributed by atoms with Gasteiger partial charge in [-0.15, -0.1) is 0 Å². The minimum absolute atomic E-state index is 0.0993. The fourth-order valence-corrected chi connectivity index (χ4v) is 2.03. The summed E-state index contributed by atoms with van der Waals surface area (Å²) in [6.07, 6.45) is 0.965. The van der Waals surface area contributed by atoms with E-state index in [1.165, 1.54) is 0 Å². The molecule has 1 heterocycles. The fourth-order valence-electron chi connectivity index (χ4n) is 1.43. The van der Waals surface area contributed by atoms with Crippen LogP contribution in [-0.4, -0.2) is 23.9 Å². The Labute approximate surface area is 98.0 Å². The number of hydrogen-bond acceptors (Lipinski definition) is 1. The third kappa shape index (κ3) is 3.03. The molecular formula is C11H16BrF2N. The first kappa shape index (κ1) is 12.7. The molecule has 1 aliphatic rings. The highest BCUT2D eigenvalue weighted by Gasteiger charge is 2.22. The summed E-state index contributed by atoms with van der Waals surface area (Å²) in [4.78, 5) is 2.07. The van der Waals surface area contributed by atoms with Gasteiger partial charge in [-0.05, 0) is 28.8 Å². The lowest BCUT2D eigenvalue weighted by molar-refractivity contribution is 0.188. The number of nitrogens with zero attached hydrogens (tertiary/aromatic N) is 1. The summed E-state index contributed by atoms with van der Waals surface area (Å²) >= 11 is 3.18. The van der Waals surface area contributed by atoms with Gasteiger partial charge in [0.2, 0.25) is 0 Å². The lowest BCUT2D eigenvalue weighted by atomic mass is 10.0. The van der Waals surface area contributed by atoms with Crippen molar-refractivity contribution >= 4 is 15.9 Å². The predicted molar refractivity (Wildman–Crippen MR) is 62.1 cm³/mol. The molecule has 0 aromatic heterocycles. The maximum atomic E-state index is 12.5. The third-order valence-electron chi connectivity index (χ3n) is 2.80. The molecule has 0 saturated carbocycles. The number of hydrogen-bond donors (Lipinski definition) is 0. The van der Waals surface area contributed by atoms with Crippen LogP contribution in [0, 0.1) is 5.92 Å². The van der Waals surface area contributed by atoms with Crippen LogP contribution in [0.5, 0.6) is 0 Å². The van der Waals surface area contributed by atoms with E-state index >= 15 is 0 Å². The van der Waals surface area contributed by atoms with Crippen LogP contribution < -0.4 is 0 Å². The molecule has 4 heteroatoms.